The summed E-state index contributed by atoms with van der Waals surface area (Å²) in [5.74, 6) is 2.08. The molecule has 0 radical (unpaired) electrons. The van der Waals surface area contributed by atoms with Crippen molar-refractivity contribution in [2.24, 2.45) is 17.1 Å². The van der Waals surface area contributed by atoms with Crippen LogP contribution in [0.3, 0.4) is 0 Å². The van der Waals surface area contributed by atoms with E-state index in [0.717, 1.165) is 12.5 Å². The Kier molecular flexibility index (Phi) is 5.62. The van der Waals surface area contributed by atoms with E-state index in [2.05, 4.69) is 31.9 Å². The predicted molar refractivity (Wildman–Crippen MR) is 75.0 cm³/mol. The molecule has 1 rings (SSSR count). The third kappa shape index (κ3) is 3.94. The smallest absolute Gasteiger partial charge is 0.0226 e. The maximum atomic E-state index is 5.90. The van der Waals surface area contributed by atoms with Gasteiger partial charge in [0.25, 0.3) is 0 Å². The van der Waals surface area contributed by atoms with E-state index in [9.17, 15) is 0 Å². The predicted octanol–water partition coefficient (Wildman–Crippen LogP) is 2.43. The Bertz CT molecular complexity index is 201. The number of likely N-dealkylation sites (tertiary alicyclic amines) is 1. The van der Waals surface area contributed by atoms with Crippen molar-refractivity contribution in [3.63, 3.8) is 0 Å². The molecule has 1 aliphatic heterocycles. The standard InChI is InChI=1S/C13H28N2S/c1-13(2,3)11-5-7-15(10-11)12(9-14)6-8-16-4/h11-12H,5-10,14H2,1-4H3. The summed E-state index contributed by atoms with van der Waals surface area (Å²) in [6.07, 6.45) is 4.77. The van der Waals surface area contributed by atoms with Gasteiger partial charge in [0, 0.05) is 19.1 Å². The maximum absolute atomic E-state index is 5.90. The molecule has 2 N–H and O–H groups in total. The van der Waals surface area contributed by atoms with E-state index in [1.54, 1.807) is 0 Å². The Hall–Kier alpha value is 0.270. The highest BCUT2D eigenvalue weighted by molar-refractivity contribution is 7.98. The fourth-order valence-electron chi connectivity index (χ4n) is 2.53. The zero-order valence-corrected chi connectivity index (χ0v) is 12.1. The zero-order chi connectivity index (χ0) is 12.2. The van der Waals surface area contributed by atoms with Crippen LogP contribution in [-0.4, -0.2) is 42.6 Å². The molecule has 0 aliphatic carbocycles. The molecule has 2 unspecified atom stereocenters. The number of nitrogens with zero attached hydrogens (tertiary/aromatic N) is 1. The molecule has 0 spiro atoms. The van der Waals surface area contributed by atoms with Gasteiger partial charge in [0.05, 0.1) is 0 Å². The molecular formula is C13H28N2S. The number of thioether (sulfide) groups is 1. The van der Waals surface area contributed by atoms with E-state index in [-0.39, 0.29) is 0 Å². The average Bonchev–Trinajstić information content (AvgIpc) is 2.68. The van der Waals surface area contributed by atoms with Crippen molar-refractivity contribution in [2.45, 2.75) is 39.7 Å². The van der Waals surface area contributed by atoms with Crippen LogP contribution in [0.2, 0.25) is 0 Å². The molecule has 0 aromatic rings. The van der Waals surface area contributed by atoms with Gasteiger partial charge < -0.3 is 5.73 Å². The molecular weight excluding hydrogens is 216 g/mol. The first-order valence-electron chi connectivity index (χ1n) is 6.42. The fraction of sp³-hybridized carbons (Fsp3) is 1.00. The van der Waals surface area contributed by atoms with Crippen LogP contribution in [0.15, 0.2) is 0 Å². The SMILES string of the molecule is CSCCC(CN)N1CCC(C(C)(C)C)C1. The first-order valence-corrected chi connectivity index (χ1v) is 7.81. The molecule has 1 aliphatic rings. The van der Waals surface area contributed by atoms with Gasteiger partial charge >= 0.3 is 0 Å². The summed E-state index contributed by atoms with van der Waals surface area (Å²) < 4.78 is 0. The lowest BCUT2D eigenvalue weighted by molar-refractivity contribution is 0.194. The molecule has 0 aromatic heterocycles. The lowest BCUT2D eigenvalue weighted by atomic mass is 9.80. The molecule has 1 heterocycles. The van der Waals surface area contributed by atoms with Gasteiger partial charge in [0.15, 0.2) is 0 Å². The van der Waals surface area contributed by atoms with E-state index in [0.29, 0.717) is 11.5 Å². The van der Waals surface area contributed by atoms with Crippen LogP contribution in [0.5, 0.6) is 0 Å². The average molecular weight is 244 g/mol. The van der Waals surface area contributed by atoms with E-state index in [4.69, 9.17) is 5.73 Å². The van der Waals surface area contributed by atoms with Gasteiger partial charge in [-0.2, -0.15) is 11.8 Å². The Balaban J connectivity index is 2.44. The van der Waals surface area contributed by atoms with E-state index < -0.39 is 0 Å². The third-order valence-corrected chi connectivity index (χ3v) is 4.53. The summed E-state index contributed by atoms with van der Waals surface area (Å²) in [7, 11) is 0. The summed E-state index contributed by atoms with van der Waals surface area (Å²) in [5, 5.41) is 0. The third-order valence-electron chi connectivity index (χ3n) is 3.89. The number of hydrogen-bond donors (Lipinski definition) is 1. The summed E-state index contributed by atoms with van der Waals surface area (Å²) >= 11 is 1.93. The second-order valence-corrected chi connectivity index (χ2v) is 7.00. The molecule has 2 nitrogen and oxygen atoms in total. The number of rotatable bonds is 5. The molecule has 96 valence electrons. The van der Waals surface area contributed by atoms with E-state index >= 15 is 0 Å². The Morgan fingerprint density at radius 1 is 1.44 bits per heavy atom. The lowest BCUT2D eigenvalue weighted by Gasteiger charge is -2.30. The fourth-order valence-corrected chi connectivity index (χ4v) is 3.04. The van der Waals surface area contributed by atoms with Crippen LogP contribution in [0.4, 0.5) is 0 Å². The van der Waals surface area contributed by atoms with E-state index in [1.807, 2.05) is 11.8 Å². The monoisotopic (exact) mass is 244 g/mol. The second kappa shape index (κ2) is 6.27. The minimum atomic E-state index is 0.452. The molecule has 0 aromatic carbocycles. The summed E-state index contributed by atoms with van der Waals surface area (Å²) in [4.78, 5) is 2.62. The topological polar surface area (TPSA) is 29.3 Å². The summed E-state index contributed by atoms with van der Waals surface area (Å²) in [6.45, 7) is 10.4. The first kappa shape index (κ1) is 14.3. The number of hydrogen-bond acceptors (Lipinski definition) is 3. The molecule has 16 heavy (non-hydrogen) atoms. The minimum Gasteiger partial charge on any atom is -0.329 e. The van der Waals surface area contributed by atoms with Gasteiger partial charge in [-0.15, -0.1) is 0 Å². The van der Waals surface area contributed by atoms with Crippen molar-refractivity contribution in [3.05, 3.63) is 0 Å². The normalized spacial score (nSPS) is 24.9. The molecule has 1 fully saturated rings. The first-order chi connectivity index (χ1) is 7.49. The van der Waals surface area contributed by atoms with Crippen molar-refractivity contribution < 1.29 is 0 Å². The zero-order valence-electron chi connectivity index (χ0n) is 11.3. The Morgan fingerprint density at radius 2 is 2.12 bits per heavy atom. The highest BCUT2D eigenvalue weighted by Gasteiger charge is 2.33. The van der Waals surface area contributed by atoms with Crippen molar-refractivity contribution in [1.82, 2.24) is 4.90 Å². The minimum absolute atomic E-state index is 0.452. The van der Waals surface area contributed by atoms with Gasteiger partial charge in [-0.3, -0.25) is 4.90 Å². The van der Waals surface area contributed by atoms with Crippen LogP contribution < -0.4 is 5.73 Å². The molecule has 1 saturated heterocycles. The van der Waals surface area contributed by atoms with Gasteiger partial charge in [-0.05, 0) is 42.7 Å². The van der Waals surface area contributed by atoms with Crippen LogP contribution in [-0.2, 0) is 0 Å². The molecule has 0 saturated carbocycles. The van der Waals surface area contributed by atoms with Gasteiger partial charge in [-0.1, -0.05) is 20.8 Å². The molecule has 0 bridgehead atoms. The second-order valence-electron chi connectivity index (χ2n) is 6.02. The van der Waals surface area contributed by atoms with E-state index in [1.165, 1.54) is 31.7 Å². The summed E-state index contributed by atoms with van der Waals surface area (Å²) in [5.41, 5.74) is 6.35. The lowest BCUT2D eigenvalue weighted by Crippen LogP contribution is -2.40. The molecule has 0 amide bonds. The molecule has 3 heteroatoms. The van der Waals surface area contributed by atoms with Gasteiger partial charge in [0.2, 0.25) is 0 Å². The maximum Gasteiger partial charge on any atom is 0.0226 e. The van der Waals surface area contributed by atoms with Gasteiger partial charge in [0.1, 0.15) is 0 Å². The van der Waals surface area contributed by atoms with Crippen LogP contribution in [0.1, 0.15) is 33.6 Å². The number of nitrogens with two attached hydrogens (primary N) is 1. The highest BCUT2D eigenvalue weighted by atomic mass is 32.2. The van der Waals surface area contributed by atoms with Crippen molar-refractivity contribution in [1.29, 1.82) is 0 Å². The largest absolute Gasteiger partial charge is 0.329 e. The van der Waals surface area contributed by atoms with Gasteiger partial charge in [-0.25, -0.2) is 0 Å². The van der Waals surface area contributed by atoms with Crippen molar-refractivity contribution in [3.8, 4) is 0 Å². The van der Waals surface area contributed by atoms with Crippen molar-refractivity contribution in [2.75, 3.05) is 31.6 Å². The van der Waals surface area contributed by atoms with Crippen LogP contribution >= 0.6 is 11.8 Å². The Labute approximate surface area is 105 Å². The van der Waals surface area contributed by atoms with Crippen LogP contribution in [0, 0.1) is 11.3 Å². The summed E-state index contributed by atoms with van der Waals surface area (Å²) in [6, 6.07) is 0.611. The Morgan fingerprint density at radius 3 is 2.56 bits per heavy atom. The molecule has 2 atom stereocenters. The highest BCUT2D eigenvalue weighted by Crippen LogP contribution is 2.34. The van der Waals surface area contributed by atoms with Crippen LogP contribution in [0.25, 0.3) is 0 Å². The van der Waals surface area contributed by atoms with Crippen molar-refractivity contribution >= 4 is 11.8 Å². The quantitative estimate of drug-likeness (QED) is 0.805.